The fraction of sp³-hybridized carbons (Fsp3) is 0.312. The first-order valence-electron chi connectivity index (χ1n) is 7.40. The maximum Gasteiger partial charge on any atom is 0.352 e. The SMILES string of the molecule is CC1=C(C(=O)O)N2C(=O)C(NC(=O)Cc3ccc(N)cc3)[C@@H]2SC1. The number of nitrogens with one attached hydrogen (secondary N) is 1. The third-order valence-corrected chi connectivity index (χ3v) is 5.45. The van der Waals surface area contributed by atoms with Crippen LogP contribution in [0.5, 0.6) is 0 Å². The number of anilines is 1. The molecule has 126 valence electrons. The van der Waals surface area contributed by atoms with Gasteiger partial charge in [0.15, 0.2) is 0 Å². The number of hydrogen-bond acceptors (Lipinski definition) is 5. The molecule has 1 saturated heterocycles. The van der Waals surface area contributed by atoms with E-state index in [0.717, 1.165) is 5.56 Å². The van der Waals surface area contributed by atoms with Gasteiger partial charge in [0.2, 0.25) is 5.91 Å². The molecule has 24 heavy (non-hydrogen) atoms. The summed E-state index contributed by atoms with van der Waals surface area (Å²) in [5.74, 6) is -1.24. The second kappa shape index (κ2) is 6.20. The number of β-lactam (4-membered cyclic amide) rings is 1. The van der Waals surface area contributed by atoms with Gasteiger partial charge < -0.3 is 16.2 Å². The number of carboxylic acid groups (broad SMARTS) is 1. The first-order chi connectivity index (χ1) is 11.4. The van der Waals surface area contributed by atoms with Gasteiger partial charge in [-0.3, -0.25) is 14.5 Å². The zero-order chi connectivity index (χ0) is 17.4. The highest BCUT2D eigenvalue weighted by Crippen LogP contribution is 2.40. The van der Waals surface area contributed by atoms with Crippen LogP contribution < -0.4 is 11.1 Å². The molecule has 0 spiro atoms. The lowest BCUT2D eigenvalue weighted by atomic mass is 10.0. The van der Waals surface area contributed by atoms with E-state index in [0.29, 0.717) is 17.0 Å². The van der Waals surface area contributed by atoms with Gasteiger partial charge in [0, 0.05) is 11.4 Å². The van der Waals surface area contributed by atoms with E-state index < -0.39 is 12.0 Å². The topological polar surface area (TPSA) is 113 Å². The van der Waals surface area contributed by atoms with Crippen LogP contribution in [0.1, 0.15) is 12.5 Å². The number of thioether (sulfide) groups is 1. The van der Waals surface area contributed by atoms with Crippen molar-refractivity contribution in [1.82, 2.24) is 10.2 Å². The second-order valence-corrected chi connectivity index (χ2v) is 6.91. The molecule has 1 unspecified atom stereocenters. The van der Waals surface area contributed by atoms with Gasteiger partial charge in [0.05, 0.1) is 6.42 Å². The van der Waals surface area contributed by atoms with Crippen molar-refractivity contribution >= 4 is 35.2 Å². The van der Waals surface area contributed by atoms with Crippen LogP contribution in [-0.2, 0) is 20.8 Å². The third kappa shape index (κ3) is 2.84. The monoisotopic (exact) mass is 347 g/mol. The first kappa shape index (κ1) is 16.4. The predicted molar refractivity (Wildman–Crippen MR) is 89.9 cm³/mol. The Kier molecular flexibility index (Phi) is 4.23. The molecule has 0 saturated carbocycles. The Hall–Kier alpha value is -2.48. The van der Waals surface area contributed by atoms with E-state index >= 15 is 0 Å². The maximum absolute atomic E-state index is 12.3. The molecule has 2 heterocycles. The van der Waals surface area contributed by atoms with E-state index in [4.69, 9.17) is 5.73 Å². The third-order valence-electron chi connectivity index (χ3n) is 4.02. The van der Waals surface area contributed by atoms with E-state index in [2.05, 4.69) is 5.32 Å². The van der Waals surface area contributed by atoms with Crippen molar-refractivity contribution in [3.63, 3.8) is 0 Å². The van der Waals surface area contributed by atoms with Crippen molar-refractivity contribution in [3.8, 4) is 0 Å². The van der Waals surface area contributed by atoms with Gasteiger partial charge in [0.25, 0.3) is 5.91 Å². The quantitative estimate of drug-likeness (QED) is 0.542. The standard InChI is InChI=1S/C16H17N3O4S/c1-8-7-24-15-12(14(21)19(15)13(8)16(22)23)18-11(20)6-9-2-4-10(17)5-3-9/h2-5,12,15H,6-7,17H2,1H3,(H,18,20)(H,22,23)/t12?,15-/m0/s1. The Morgan fingerprint density at radius 1 is 1.38 bits per heavy atom. The largest absolute Gasteiger partial charge is 0.477 e. The highest BCUT2D eigenvalue weighted by molar-refractivity contribution is 8.00. The number of nitrogens with zero attached hydrogens (tertiary/aromatic N) is 1. The van der Waals surface area contributed by atoms with Gasteiger partial charge in [-0.05, 0) is 30.2 Å². The van der Waals surface area contributed by atoms with Crippen LogP contribution in [0, 0.1) is 0 Å². The highest BCUT2D eigenvalue weighted by atomic mass is 32.2. The van der Waals surface area contributed by atoms with E-state index in [-0.39, 0.29) is 29.3 Å². The Morgan fingerprint density at radius 2 is 2.04 bits per heavy atom. The fourth-order valence-electron chi connectivity index (χ4n) is 2.82. The summed E-state index contributed by atoms with van der Waals surface area (Å²) < 4.78 is 0. The lowest BCUT2D eigenvalue weighted by Gasteiger charge is -2.49. The van der Waals surface area contributed by atoms with Gasteiger partial charge in [-0.2, -0.15) is 0 Å². The van der Waals surface area contributed by atoms with Crippen LogP contribution in [0.25, 0.3) is 0 Å². The molecule has 8 heteroatoms. The Labute approximate surface area is 142 Å². The molecule has 7 nitrogen and oxygen atoms in total. The molecule has 1 aromatic carbocycles. The minimum absolute atomic E-state index is 0.0350. The van der Waals surface area contributed by atoms with Gasteiger partial charge in [-0.25, -0.2) is 4.79 Å². The van der Waals surface area contributed by atoms with E-state index in [1.54, 1.807) is 31.2 Å². The summed E-state index contributed by atoms with van der Waals surface area (Å²) in [4.78, 5) is 37.0. The first-order valence-corrected chi connectivity index (χ1v) is 8.45. The second-order valence-electron chi connectivity index (χ2n) is 5.81. The molecule has 3 rings (SSSR count). The number of carbonyl (C=O) groups is 3. The number of carboxylic acids is 1. The summed E-state index contributed by atoms with van der Waals surface area (Å²) in [5.41, 5.74) is 7.71. The Balaban J connectivity index is 1.66. The summed E-state index contributed by atoms with van der Waals surface area (Å²) in [6, 6.07) is 6.26. The van der Waals surface area contributed by atoms with Crippen molar-refractivity contribution in [2.75, 3.05) is 11.5 Å². The number of hydrogen-bond donors (Lipinski definition) is 3. The van der Waals surface area contributed by atoms with E-state index in [9.17, 15) is 19.5 Å². The molecule has 2 atom stereocenters. The van der Waals surface area contributed by atoms with Gasteiger partial charge >= 0.3 is 5.97 Å². The number of rotatable bonds is 4. The molecule has 2 aliphatic heterocycles. The van der Waals surface area contributed by atoms with E-state index in [1.165, 1.54) is 16.7 Å². The van der Waals surface area contributed by atoms with Crippen molar-refractivity contribution in [1.29, 1.82) is 0 Å². The molecule has 0 bridgehead atoms. The zero-order valence-electron chi connectivity index (χ0n) is 13.0. The number of carbonyl (C=O) groups excluding carboxylic acids is 2. The lowest BCUT2D eigenvalue weighted by molar-refractivity contribution is -0.150. The number of nitrogens with two attached hydrogens (primary N) is 1. The van der Waals surface area contributed by atoms with Crippen LogP contribution in [0.3, 0.4) is 0 Å². The molecule has 2 aliphatic rings. The van der Waals surface area contributed by atoms with Crippen molar-refractivity contribution in [2.24, 2.45) is 0 Å². The Bertz CT molecular complexity index is 744. The van der Waals surface area contributed by atoms with Gasteiger partial charge in [0.1, 0.15) is 17.1 Å². The van der Waals surface area contributed by atoms with Crippen LogP contribution in [-0.4, -0.2) is 45.0 Å². The number of nitrogen functional groups attached to an aromatic ring is 1. The van der Waals surface area contributed by atoms with Gasteiger partial charge in [-0.1, -0.05) is 12.1 Å². The smallest absolute Gasteiger partial charge is 0.352 e. The average molecular weight is 347 g/mol. The number of aliphatic carboxylic acids is 1. The molecule has 4 N–H and O–H groups in total. The molecular formula is C16H17N3O4S. The number of fused-ring (bicyclic) bond motifs is 1. The average Bonchev–Trinajstić information content (AvgIpc) is 2.54. The molecule has 1 aromatic rings. The van der Waals surface area contributed by atoms with Gasteiger partial charge in [-0.15, -0.1) is 11.8 Å². The minimum atomic E-state index is -1.11. The predicted octanol–water partition coefficient (Wildman–Crippen LogP) is 0.570. The summed E-state index contributed by atoms with van der Waals surface area (Å²) in [6.07, 6.45) is 0.141. The van der Waals surface area contributed by atoms with Crippen LogP contribution in [0.4, 0.5) is 5.69 Å². The minimum Gasteiger partial charge on any atom is -0.477 e. The fourth-order valence-corrected chi connectivity index (χ4v) is 4.11. The van der Waals surface area contributed by atoms with E-state index in [1.807, 2.05) is 0 Å². The van der Waals surface area contributed by atoms with Crippen LogP contribution in [0.2, 0.25) is 0 Å². The number of benzene rings is 1. The lowest BCUT2D eigenvalue weighted by Crippen LogP contribution is -2.70. The van der Waals surface area contributed by atoms with Crippen molar-refractivity contribution in [2.45, 2.75) is 24.8 Å². The number of amides is 2. The Morgan fingerprint density at radius 3 is 2.67 bits per heavy atom. The summed E-state index contributed by atoms with van der Waals surface area (Å²) >= 11 is 1.46. The maximum atomic E-state index is 12.3. The molecule has 0 aliphatic carbocycles. The molecular weight excluding hydrogens is 330 g/mol. The molecule has 2 amide bonds. The highest BCUT2D eigenvalue weighted by Gasteiger charge is 2.53. The summed E-state index contributed by atoms with van der Waals surface area (Å²) in [7, 11) is 0. The molecule has 0 radical (unpaired) electrons. The molecule has 0 aromatic heterocycles. The van der Waals surface area contributed by atoms with Crippen LogP contribution >= 0.6 is 11.8 Å². The molecule has 1 fully saturated rings. The van der Waals surface area contributed by atoms with Crippen LogP contribution in [0.15, 0.2) is 35.5 Å². The normalized spacial score (nSPS) is 22.7. The zero-order valence-corrected chi connectivity index (χ0v) is 13.8. The van der Waals surface area contributed by atoms with Crippen molar-refractivity contribution in [3.05, 3.63) is 41.1 Å². The summed E-state index contributed by atoms with van der Waals surface area (Å²) in [6.45, 7) is 1.70. The summed E-state index contributed by atoms with van der Waals surface area (Å²) in [5, 5.41) is 11.6. The van der Waals surface area contributed by atoms with Crippen molar-refractivity contribution < 1.29 is 19.5 Å².